The Balaban J connectivity index is 0.00000169. The molecule has 2 heterocycles. The van der Waals surface area contributed by atoms with Crippen LogP contribution in [0.1, 0.15) is 36.8 Å². The van der Waals surface area contributed by atoms with Crippen molar-refractivity contribution in [1.29, 1.82) is 0 Å². The van der Waals surface area contributed by atoms with Crippen LogP contribution >= 0.6 is 24.8 Å². The van der Waals surface area contributed by atoms with E-state index in [0.29, 0.717) is 39.1 Å². The van der Waals surface area contributed by atoms with Crippen molar-refractivity contribution in [2.24, 2.45) is 11.1 Å². The lowest BCUT2D eigenvalue weighted by Gasteiger charge is -2.34. The van der Waals surface area contributed by atoms with Gasteiger partial charge < -0.3 is 15.8 Å². The van der Waals surface area contributed by atoms with Gasteiger partial charge in [0.1, 0.15) is 0 Å². The molecule has 2 aliphatic heterocycles. The Kier molecular flexibility index (Phi) is 9.90. The van der Waals surface area contributed by atoms with Gasteiger partial charge in [0.15, 0.2) is 0 Å². The molecule has 3 rings (SSSR count). The third-order valence-electron chi connectivity index (χ3n) is 5.40. The van der Waals surface area contributed by atoms with Gasteiger partial charge in [-0.1, -0.05) is 24.3 Å². The highest BCUT2D eigenvalue weighted by molar-refractivity contribution is 5.85. The Morgan fingerprint density at radius 3 is 2.23 bits per heavy atom. The molecule has 26 heavy (non-hydrogen) atoms. The third-order valence-corrected chi connectivity index (χ3v) is 5.40. The fraction of sp³-hybridized carbons (Fsp3) is 0.632. The number of hydrogen-bond acceptors (Lipinski definition) is 4. The number of nitrogens with two attached hydrogens (primary N) is 1. The van der Waals surface area contributed by atoms with Gasteiger partial charge in [-0.15, -0.1) is 24.8 Å². The summed E-state index contributed by atoms with van der Waals surface area (Å²) in [5.74, 6) is 0.0643. The molecule has 0 aliphatic carbocycles. The molecule has 7 heteroatoms. The molecule has 2 fully saturated rings. The minimum Gasteiger partial charge on any atom is -0.381 e. The molecule has 148 valence electrons. The number of carbonyl (C=O) groups excluding carboxylic acids is 1. The summed E-state index contributed by atoms with van der Waals surface area (Å²) in [4.78, 5) is 15.1. The maximum atomic E-state index is 12.6. The number of nitrogens with zero attached hydrogens (tertiary/aromatic N) is 1. The minimum atomic E-state index is -0.450. The maximum Gasteiger partial charge on any atom is 0.227 e. The number of benzene rings is 1. The van der Waals surface area contributed by atoms with Crippen molar-refractivity contribution in [3.8, 4) is 0 Å². The SMILES string of the molecule is Cl.Cl.NCC1(C(=O)NCc2ccc(CN3CCCC3)cc2)CCOCC1. The monoisotopic (exact) mass is 403 g/mol. The summed E-state index contributed by atoms with van der Waals surface area (Å²) < 4.78 is 5.37. The molecule has 0 bridgehead atoms. The number of halogens is 2. The van der Waals surface area contributed by atoms with Crippen molar-refractivity contribution in [3.05, 3.63) is 35.4 Å². The molecule has 0 spiro atoms. The van der Waals surface area contributed by atoms with Crippen molar-refractivity contribution < 1.29 is 9.53 Å². The van der Waals surface area contributed by atoms with Crippen molar-refractivity contribution in [2.45, 2.75) is 38.8 Å². The average molecular weight is 404 g/mol. The van der Waals surface area contributed by atoms with Gasteiger partial charge in [0.2, 0.25) is 5.91 Å². The smallest absolute Gasteiger partial charge is 0.227 e. The quantitative estimate of drug-likeness (QED) is 0.765. The van der Waals surface area contributed by atoms with Crippen molar-refractivity contribution in [2.75, 3.05) is 32.8 Å². The third kappa shape index (κ3) is 5.83. The van der Waals surface area contributed by atoms with Gasteiger partial charge in [0.05, 0.1) is 5.41 Å². The van der Waals surface area contributed by atoms with Gasteiger partial charge in [-0.3, -0.25) is 9.69 Å². The van der Waals surface area contributed by atoms with Crippen LogP contribution in [-0.4, -0.2) is 43.7 Å². The molecule has 0 saturated carbocycles. The molecule has 0 unspecified atom stereocenters. The molecular weight excluding hydrogens is 373 g/mol. The summed E-state index contributed by atoms with van der Waals surface area (Å²) in [6, 6.07) is 8.58. The highest BCUT2D eigenvalue weighted by Gasteiger charge is 2.38. The maximum absolute atomic E-state index is 12.6. The summed E-state index contributed by atoms with van der Waals surface area (Å²) in [5.41, 5.74) is 7.91. The fourth-order valence-electron chi connectivity index (χ4n) is 3.62. The van der Waals surface area contributed by atoms with Crippen LogP contribution < -0.4 is 11.1 Å². The zero-order chi connectivity index (χ0) is 16.8. The van der Waals surface area contributed by atoms with E-state index in [1.165, 1.54) is 31.5 Å². The van der Waals surface area contributed by atoms with E-state index >= 15 is 0 Å². The first-order valence-electron chi connectivity index (χ1n) is 9.08. The predicted octanol–water partition coefficient (Wildman–Crippen LogP) is 2.50. The Hall–Kier alpha value is -0.850. The van der Waals surface area contributed by atoms with E-state index in [-0.39, 0.29) is 30.7 Å². The summed E-state index contributed by atoms with van der Waals surface area (Å²) >= 11 is 0. The lowest BCUT2D eigenvalue weighted by molar-refractivity contribution is -0.136. The minimum absolute atomic E-state index is 0. The largest absolute Gasteiger partial charge is 0.381 e. The van der Waals surface area contributed by atoms with Gasteiger partial charge in [-0.25, -0.2) is 0 Å². The number of carbonyl (C=O) groups is 1. The predicted molar refractivity (Wildman–Crippen MR) is 109 cm³/mol. The summed E-state index contributed by atoms with van der Waals surface area (Å²) in [7, 11) is 0. The normalized spacial score (nSPS) is 19.3. The summed E-state index contributed by atoms with van der Waals surface area (Å²) in [6.45, 7) is 5.64. The van der Waals surface area contributed by atoms with Crippen LogP contribution in [0.4, 0.5) is 0 Å². The molecule has 2 saturated heterocycles. The van der Waals surface area contributed by atoms with Gasteiger partial charge >= 0.3 is 0 Å². The number of hydrogen-bond donors (Lipinski definition) is 2. The zero-order valence-corrected chi connectivity index (χ0v) is 16.9. The van der Waals surface area contributed by atoms with E-state index in [2.05, 4.69) is 34.5 Å². The van der Waals surface area contributed by atoms with Gasteiger partial charge in [0.25, 0.3) is 0 Å². The highest BCUT2D eigenvalue weighted by Crippen LogP contribution is 2.29. The number of ether oxygens (including phenoxy) is 1. The van der Waals surface area contributed by atoms with E-state index < -0.39 is 5.41 Å². The molecule has 2 aliphatic rings. The molecule has 0 atom stereocenters. The highest BCUT2D eigenvalue weighted by atomic mass is 35.5. The second kappa shape index (κ2) is 11.1. The van der Waals surface area contributed by atoms with Gasteiger partial charge in [-0.05, 0) is 49.9 Å². The average Bonchev–Trinajstić information content (AvgIpc) is 3.14. The first-order chi connectivity index (χ1) is 11.7. The summed E-state index contributed by atoms with van der Waals surface area (Å²) in [5, 5.41) is 3.07. The number of likely N-dealkylation sites (tertiary alicyclic amines) is 1. The number of nitrogens with one attached hydrogen (secondary N) is 1. The van der Waals surface area contributed by atoms with Crippen LogP contribution in [0.3, 0.4) is 0 Å². The van der Waals surface area contributed by atoms with Crippen LogP contribution in [0.2, 0.25) is 0 Å². The molecule has 3 N–H and O–H groups in total. The van der Waals surface area contributed by atoms with E-state index in [1.807, 2.05) is 0 Å². The van der Waals surface area contributed by atoms with Crippen LogP contribution in [0, 0.1) is 5.41 Å². The first-order valence-corrected chi connectivity index (χ1v) is 9.08. The molecule has 0 radical (unpaired) electrons. The fourth-order valence-corrected chi connectivity index (χ4v) is 3.62. The van der Waals surface area contributed by atoms with E-state index in [4.69, 9.17) is 10.5 Å². The van der Waals surface area contributed by atoms with Crippen LogP contribution in [0.5, 0.6) is 0 Å². The van der Waals surface area contributed by atoms with Gasteiger partial charge in [-0.2, -0.15) is 0 Å². The van der Waals surface area contributed by atoms with Crippen LogP contribution in [-0.2, 0) is 22.6 Å². The van der Waals surface area contributed by atoms with E-state index in [1.54, 1.807) is 0 Å². The molecular formula is C19H31Cl2N3O2. The van der Waals surface area contributed by atoms with Crippen molar-refractivity contribution >= 4 is 30.7 Å². The summed E-state index contributed by atoms with van der Waals surface area (Å²) in [6.07, 6.45) is 4.06. The topological polar surface area (TPSA) is 67.6 Å². The number of amides is 1. The molecule has 5 nitrogen and oxygen atoms in total. The lowest BCUT2D eigenvalue weighted by atomic mass is 9.79. The molecule has 1 amide bonds. The van der Waals surface area contributed by atoms with Crippen molar-refractivity contribution in [1.82, 2.24) is 10.2 Å². The molecule has 1 aromatic rings. The molecule has 0 aromatic heterocycles. The van der Waals surface area contributed by atoms with E-state index in [9.17, 15) is 4.79 Å². The Morgan fingerprint density at radius 2 is 1.65 bits per heavy atom. The lowest BCUT2D eigenvalue weighted by Crippen LogP contribution is -2.48. The zero-order valence-electron chi connectivity index (χ0n) is 15.2. The Bertz CT molecular complexity index is 542. The second-order valence-corrected chi connectivity index (χ2v) is 7.08. The van der Waals surface area contributed by atoms with Gasteiger partial charge in [0, 0.05) is 32.8 Å². The van der Waals surface area contributed by atoms with E-state index in [0.717, 1.165) is 12.1 Å². The second-order valence-electron chi connectivity index (χ2n) is 7.08. The molecule has 1 aromatic carbocycles. The Morgan fingerprint density at radius 1 is 1.08 bits per heavy atom. The number of rotatable bonds is 6. The van der Waals surface area contributed by atoms with Crippen molar-refractivity contribution in [3.63, 3.8) is 0 Å². The standard InChI is InChI=1S/C19H29N3O2.2ClH/c20-15-19(7-11-24-12-8-19)18(23)21-13-16-3-5-17(6-4-16)14-22-9-1-2-10-22;;/h3-6H,1-2,7-15,20H2,(H,21,23);2*1H. The van der Waals surface area contributed by atoms with Crippen LogP contribution in [0.15, 0.2) is 24.3 Å². The first kappa shape index (κ1) is 23.2. The van der Waals surface area contributed by atoms with Crippen LogP contribution in [0.25, 0.3) is 0 Å². The Labute approximate surface area is 168 Å².